The van der Waals surface area contributed by atoms with Gasteiger partial charge in [-0.25, -0.2) is 15.0 Å². The summed E-state index contributed by atoms with van der Waals surface area (Å²) in [7, 11) is 0. The van der Waals surface area contributed by atoms with Crippen LogP contribution in [0.1, 0.15) is 63.4 Å². The summed E-state index contributed by atoms with van der Waals surface area (Å²) in [6, 6.07) is 70.5. The maximum absolute atomic E-state index is 14.4. The van der Waals surface area contributed by atoms with E-state index >= 15 is 0 Å². The van der Waals surface area contributed by atoms with Crippen molar-refractivity contribution in [3.05, 3.63) is 249 Å². The van der Waals surface area contributed by atoms with Crippen molar-refractivity contribution in [3.8, 4) is 33.9 Å². The summed E-state index contributed by atoms with van der Waals surface area (Å²) in [6.07, 6.45) is 4.36. The third kappa shape index (κ3) is 10.7. The van der Waals surface area contributed by atoms with Crippen molar-refractivity contribution in [1.29, 1.82) is 0 Å². The number of hydrogen-bond donors (Lipinski definition) is 0. The van der Waals surface area contributed by atoms with E-state index in [1.165, 1.54) is 40.7 Å². The van der Waals surface area contributed by atoms with Crippen LogP contribution in [0.3, 0.4) is 0 Å². The van der Waals surface area contributed by atoms with Crippen LogP contribution in [0.25, 0.3) is 67.0 Å². The van der Waals surface area contributed by atoms with Crippen molar-refractivity contribution < 1.29 is 13.2 Å². The van der Waals surface area contributed by atoms with Gasteiger partial charge in [-0.1, -0.05) is 161 Å². The van der Waals surface area contributed by atoms with E-state index in [-0.39, 0.29) is 12.5 Å². The quantitative estimate of drug-likeness (QED) is 0.0582. The topological polar surface area (TPSA) is 50.1 Å². The van der Waals surface area contributed by atoms with E-state index in [1.807, 2.05) is 83.4 Å². The molecular formula is C73H58BF3I2N6. The summed E-state index contributed by atoms with van der Waals surface area (Å²) in [6.45, 7) is 10.2. The predicted octanol–water partition coefficient (Wildman–Crippen LogP) is 19.0. The lowest BCUT2D eigenvalue weighted by molar-refractivity contribution is -0.0913. The fourth-order valence-electron chi connectivity index (χ4n) is 12.3. The van der Waals surface area contributed by atoms with Crippen LogP contribution < -0.4 is 26.2 Å². The minimum atomic E-state index is -4.57. The molecular weight excluding hydrogens is 1280 g/mol. The van der Waals surface area contributed by atoms with Gasteiger partial charge in [-0.15, -0.1) is 0 Å². The highest BCUT2D eigenvalue weighted by Gasteiger charge is 2.44. The highest BCUT2D eigenvalue weighted by molar-refractivity contribution is 14.1. The second-order valence-electron chi connectivity index (χ2n) is 22.0. The van der Waals surface area contributed by atoms with Crippen molar-refractivity contribution in [2.45, 2.75) is 65.5 Å². The second-order valence-corrected chi connectivity index (χ2v) is 24.5. The number of unbranched alkanes of at least 4 members (excludes halogenated alkanes) is 2. The maximum Gasteiger partial charge on any atom is 0.412 e. The summed E-state index contributed by atoms with van der Waals surface area (Å²) in [5, 5.41) is 1.90. The molecule has 0 saturated heterocycles. The van der Waals surface area contributed by atoms with Crippen LogP contribution in [0.15, 0.2) is 224 Å². The Morgan fingerprint density at radius 3 is 1.56 bits per heavy atom. The number of para-hydroxylation sites is 3. The van der Waals surface area contributed by atoms with Crippen LogP contribution in [-0.2, 0) is 12.8 Å². The number of alkyl halides is 3. The molecule has 12 heteroatoms. The number of benzene rings is 9. The summed E-state index contributed by atoms with van der Waals surface area (Å²) < 4.78 is 47.7. The normalized spacial score (nSPS) is 13.1. The molecule has 418 valence electrons. The van der Waals surface area contributed by atoms with Crippen LogP contribution in [0, 0.1) is 7.14 Å². The maximum atomic E-state index is 14.4. The summed E-state index contributed by atoms with van der Waals surface area (Å²) in [4.78, 5) is 20.0. The fraction of sp³-hybridized carbons (Fsp3) is 0.137. The van der Waals surface area contributed by atoms with Crippen molar-refractivity contribution in [2.75, 3.05) is 9.80 Å². The Bertz CT molecular complexity index is 4290. The van der Waals surface area contributed by atoms with Crippen LogP contribution in [0.4, 0.5) is 47.3 Å². The Balaban J connectivity index is 1.04. The number of allylic oxidation sites excluding steroid dienone is 5. The molecule has 11 aromatic rings. The Labute approximate surface area is 521 Å². The van der Waals surface area contributed by atoms with E-state index in [2.05, 4.69) is 190 Å². The van der Waals surface area contributed by atoms with E-state index in [4.69, 9.17) is 21.5 Å². The lowest BCUT2D eigenvalue weighted by atomic mass is 9.33. The highest BCUT2D eigenvalue weighted by atomic mass is 127. The van der Waals surface area contributed by atoms with Crippen molar-refractivity contribution in [3.63, 3.8) is 0 Å². The van der Waals surface area contributed by atoms with Gasteiger partial charge in [-0.05, 0) is 201 Å². The van der Waals surface area contributed by atoms with Gasteiger partial charge in [0, 0.05) is 74.3 Å². The lowest BCUT2D eigenvalue weighted by Gasteiger charge is -2.44. The molecule has 0 N–H and O–H groups in total. The van der Waals surface area contributed by atoms with Crippen molar-refractivity contribution in [1.82, 2.24) is 19.5 Å². The zero-order valence-electron chi connectivity index (χ0n) is 47.3. The molecule has 6 nitrogen and oxygen atoms in total. The molecule has 0 amide bonds. The summed E-state index contributed by atoms with van der Waals surface area (Å²) in [5.74, 6) is 0.939. The molecule has 2 aliphatic rings. The van der Waals surface area contributed by atoms with Crippen molar-refractivity contribution >= 4 is 135 Å². The number of anilines is 6. The van der Waals surface area contributed by atoms with Gasteiger partial charge in [-0.2, -0.15) is 13.2 Å². The molecule has 0 radical (unpaired) electrons. The molecule has 2 aromatic heterocycles. The standard InChI is InChI=1S/C73H58BF3I2N6/c1-5-7-21-48-37-54(78)44-56(39-48)84-65-31-19-16-28-61(65)74-62-29-17-20-32-66(62)85(57-40-49(22-8-6-2)38-55(79)45-57)68-43-53(42-67(84)69(68)74)52-34-36-64-60(41-52)59-27-15-18-30-63(59)83(64)47(4)58(35-33-46(3)73(75,76)77)72-81-70(50-23-11-9-12-24-50)80-71(82-72)51-25-13-10-14-26-51/h9-20,23-45H,4-8,21-22H2,1-3H3/b46-33+,58-35+. The van der Waals surface area contributed by atoms with Crippen LogP contribution >= 0.6 is 45.2 Å². The van der Waals surface area contributed by atoms with Gasteiger partial charge < -0.3 is 14.4 Å². The predicted molar refractivity (Wildman–Crippen MR) is 365 cm³/mol. The SMILES string of the molecule is C=C(/C(=C\C=C(/C)C(F)(F)F)c1nc(-c2ccccc2)nc(-c2ccccc2)n1)n1c2ccccc2c2cc(-c3cc4c5c(c3)N(c3cc(I)cc(CCCC)c3)c3ccccc3B5c3ccccc3N4c3cc(I)cc(CCCC)c3)ccc21. The third-order valence-corrected chi connectivity index (χ3v) is 17.6. The molecule has 0 unspecified atom stereocenters. The summed E-state index contributed by atoms with van der Waals surface area (Å²) >= 11 is 4.98. The van der Waals surface area contributed by atoms with Gasteiger partial charge in [0.25, 0.3) is 6.71 Å². The molecule has 0 aliphatic carbocycles. The molecule has 9 aromatic carbocycles. The molecule has 0 atom stereocenters. The van der Waals surface area contributed by atoms with Gasteiger partial charge in [0.05, 0.1) is 16.7 Å². The Morgan fingerprint density at radius 1 is 0.518 bits per heavy atom. The minimum Gasteiger partial charge on any atom is -0.311 e. The zero-order chi connectivity index (χ0) is 58.5. The first-order valence-corrected chi connectivity index (χ1v) is 31.1. The van der Waals surface area contributed by atoms with E-state index in [0.29, 0.717) is 22.9 Å². The zero-order valence-corrected chi connectivity index (χ0v) is 51.6. The first kappa shape index (κ1) is 56.1. The Morgan fingerprint density at radius 2 is 1.02 bits per heavy atom. The third-order valence-electron chi connectivity index (χ3n) is 16.4. The molecule has 2 aliphatic heterocycles. The molecule has 0 fully saturated rings. The smallest absolute Gasteiger partial charge is 0.311 e. The Hall–Kier alpha value is -8.08. The largest absolute Gasteiger partial charge is 0.412 e. The number of aryl methyl sites for hydroxylation is 2. The number of halogens is 5. The average Bonchev–Trinajstić information content (AvgIpc) is 1.82. The second kappa shape index (κ2) is 23.4. The minimum absolute atomic E-state index is 0.0518. The Kier molecular flexibility index (Phi) is 15.4. The number of nitrogens with zero attached hydrogens (tertiary/aromatic N) is 6. The highest BCUT2D eigenvalue weighted by Crippen LogP contribution is 2.48. The monoisotopic (exact) mass is 1340 g/mol. The summed E-state index contributed by atoms with van der Waals surface area (Å²) in [5.41, 5.74) is 18.2. The first-order valence-electron chi connectivity index (χ1n) is 29.0. The van der Waals surface area contributed by atoms with Crippen LogP contribution in [-0.4, -0.2) is 32.4 Å². The van der Waals surface area contributed by atoms with E-state index in [9.17, 15) is 13.2 Å². The van der Waals surface area contributed by atoms with Gasteiger partial charge in [0.2, 0.25) is 0 Å². The van der Waals surface area contributed by atoms with E-state index in [0.717, 1.165) is 130 Å². The number of rotatable bonds is 15. The van der Waals surface area contributed by atoms with Crippen molar-refractivity contribution in [2.24, 2.45) is 0 Å². The molecule has 0 spiro atoms. The average molecular weight is 1340 g/mol. The van der Waals surface area contributed by atoms with Crippen LogP contribution in [0.2, 0.25) is 0 Å². The molecule has 0 bridgehead atoms. The number of hydrogen-bond acceptors (Lipinski definition) is 5. The van der Waals surface area contributed by atoms with E-state index < -0.39 is 11.7 Å². The molecule has 4 heterocycles. The van der Waals surface area contributed by atoms with Crippen LogP contribution in [0.5, 0.6) is 0 Å². The molecule has 13 rings (SSSR count). The molecule has 85 heavy (non-hydrogen) atoms. The first-order chi connectivity index (χ1) is 41.3. The van der Waals surface area contributed by atoms with Gasteiger partial charge >= 0.3 is 6.18 Å². The van der Waals surface area contributed by atoms with Gasteiger partial charge in [0.15, 0.2) is 17.5 Å². The lowest BCUT2D eigenvalue weighted by Crippen LogP contribution is -2.61. The number of fused-ring (bicyclic) bond motifs is 7. The van der Waals surface area contributed by atoms with Gasteiger partial charge in [0.1, 0.15) is 0 Å². The fourth-order valence-corrected chi connectivity index (χ4v) is 13.7. The van der Waals surface area contributed by atoms with Gasteiger partial charge in [-0.3, -0.25) is 0 Å². The molecule has 0 saturated carbocycles. The number of aromatic nitrogens is 4. The van der Waals surface area contributed by atoms with E-state index in [1.54, 1.807) is 0 Å².